The zero-order valence-corrected chi connectivity index (χ0v) is 14.5. The summed E-state index contributed by atoms with van der Waals surface area (Å²) in [5.74, 6) is 1.12. The smallest absolute Gasteiger partial charge is 0.247 e. The molecule has 9 heteroatoms. The molecular weight excluding hydrogens is 351 g/mol. The van der Waals surface area contributed by atoms with Gasteiger partial charge in [0.1, 0.15) is 0 Å². The van der Waals surface area contributed by atoms with Crippen molar-refractivity contribution in [2.75, 3.05) is 36.4 Å². The van der Waals surface area contributed by atoms with E-state index in [1.54, 1.807) is 30.0 Å². The van der Waals surface area contributed by atoms with Crippen LogP contribution in [0.2, 0.25) is 10.0 Å². The van der Waals surface area contributed by atoms with Gasteiger partial charge in [-0.1, -0.05) is 23.2 Å². The number of rotatable bonds is 3. The first-order chi connectivity index (χ1) is 11.5. The fourth-order valence-electron chi connectivity index (χ4n) is 2.44. The number of anilines is 3. The number of hydrogen-bond acceptors (Lipinski definition) is 6. The van der Waals surface area contributed by atoms with Gasteiger partial charge in [-0.2, -0.15) is 10.1 Å². The molecule has 1 N–H and O–H groups in total. The van der Waals surface area contributed by atoms with Crippen LogP contribution >= 0.6 is 23.2 Å². The highest BCUT2D eigenvalue weighted by Crippen LogP contribution is 2.28. The molecule has 1 aliphatic rings. The third-order valence-electron chi connectivity index (χ3n) is 3.75. The Morgan fingerprint density at radius 3 is 2.67 bits per heavy atom. The van der Waals surface area contributed by atoms with Crippen molar-refractivity contribution in [1.82, 2.24) is 20.1 Å². The predicted molar refractivity (Wildman–Crippen MR) is 94.0 cm³/mol. The van der Waals surface area contributed by atoms with Crippen LogP contribution in [0.25, 0.3) is 0 Å². The van der Waals surface area contributed by atoms with Gasteiger partial charge < -0.3 is 15.1 Å². The first-order valence-corrected chi connectivity index (χ1v) is 8.21. The van der Waals surface area contributed by atoms with Crippen molar-refractivity contribution in [3.8, 4) is 0 Å². The molecule has 0 spiro atoms. The quantitative estimate of drug-likeness (QED) is 0.899. The summed E-state index contributed by atoms with van der Waals surface area (Å²) < 4.78 is 0. The first-order valence-electron chi connectivity index (χ1n) is 7.45. The second-order valence-corrected chi connectivity index (χ2v) is 6.23. The van der Waals surface area contributed by atoms with Crippen LogP contribution in [-0.4, -0.2) is 52.2 Å². The van der Waals surface area contributed by atoms with E-state index >= 15 is 0 Å². The van der Waals surface area contributed by atoms with Crippen molar-refractivity contribution in [3.05, 3.63) is 34.4 Å². The first kappa shape index (κ1) is 16.7. The van der Waals surface area contributed by atoms with E-state index in [1.807, 2.05) is 4.90 Å². The molecule has 2 heterocycles. The third-order valence-corrected chi connectivity index (χ3v) is 4.31. The summed E-state index contributed by atoms with van der Waals surface area (Å²) in [4.78, 5) is 19.7. The minimum atomic E-state index is 0.0831. The predicted octanol–water partition coefficient (Wildman–Crippen LogP) is 2.59. The van der Waals surface area contributed by atoms with Gasteiger partial charge in [0.25, 0.3) is 0 Å². The highest BCUT2D eigenvalue weighted by molar-refractivity contribution is 6.35. The van der Waals surface area contributed by atoms with E-state index in [0.717, 1.165) is 0 Å². The van der Waals surface area contributed by atoms with Crippen LogP contribution in [0, 0.1) is 0 Å². The van der Waals surface area contributed by atoms with Crippen molar-refractivity contribution in [1.29, 1.82) is 0 Å². The monoisotopic (exact) mass is 366 g/mol. The molecule has 7 nitrogen and oxygen atoms in total. The fourth-order valence-corrected chi connectivity index (χ4v) is 2.78. The summed E-state index contributed by atoms with van der Waals surface area (Å²) >= 11 is 12.1. The van der Waals surface area contributed by atoms with Crippen molar-refractivity contribution in [2.24, 2.45) is 0 Å². The summed E-state index contributed by atoms with van der Waals surface area (Å²) in [5, 5.41) is 12.3. The number of piperazine rings is 1. The zero-order chi connectivity index (χ0) is 17.1. The highest BCUT2D eigenvalue weighted by Gasteiger charge is 2.21. The molecule has 1 aromatic heterocycles. The minimum absolute atomic E-state index is 0.0831. The molecule has 0 bridgehead atoms. The van der Waals surface area contributed by atoms with Crippen molar-refractivity contribution < 1.29 is 4.79 Å². The second-order valence-electron chi connectivity index (χ2n) is 5.38. The largest absolute Gasteiger partial charge is 0.339 e. The molecule has 1 aliphatic heterocycles. The van der Waals surface area contributed by atoms with Gasteiger partial charge in [0, 0.05) is 38.1 Å². The Balaban J connectivity index is 1.73. The number of hydrogen-bond donors (Lipinski definition) is 1. The fraction of sp³-hybridized carbons (Fsp3) is 0.333. The van der Waals surface area contributed by atoms with Crippen LogP contribution in [0.15, 0.2) is 24.4 Å². The molecule has 0 saturated carbocycles. The van der Waals surface area contributed by atoms with Gasteiger partial charge in [-0.05, 0) is 18.2 Å². The standard InChI is InChI=1S/C15H16Cl2N6O/c1-10(24)22-4-6-23(7-5-22)15-20-14(9-18-21-15)19-13-8-11(16)2-3-12(13)17/h2-3,8-9H,4-7H2,1H3,(H,19,20,21). The van der Waals surface area contributed by atoms with Crippen LogP contribution in [0.5, 0.6) is 0 Å². The van der Waals surface area contributed by atoms with Crippen molar-refractivity contribution >= 4 is 46.6 Å². The van der Waals surface area contributed by atoms with E-state index in [-0.39, 0.29) is 5.91 Å². The van der Waals surface area contributed by atoms with Crippen LogP contribution in [0.4, 0.5) is 17.5 Å². The molecule has 0 unspecified atom stereocenters. The number of amides is 1. The van der Waals surface area contributed by atoms with E-state index in [0.29, 0.717) is 53.7 Å². The molecule has 24 heavy (non-hydrogen) atoms. The average molecular weight is 367 g/mol. The van der Waals surface area contributed by atoms with Gasteiger partial charge >= 0.3 is 0 Å². The summed E-state index contributed by atoms with van der Waals surface area (Å²) in [6.07, 6.45) is 1.52. The van der Waals surface area contributed by atoms with E-state index in [2.05, 4.69) is 20.5 Å². The molecule has 0 radical (unpaired) electrons. The molecule has 1 saturated heterocycles. The molecule has 0 atom stereocenters. The summed E-state index contributed by atoms with van der Waals surface area (Å²) in [6, 6.07) is 5.15. The van der Waals surface area contributed by atoms with Crippen LogP contribution in [-0.2, 0) is 4.79 Å². The number of benzene rings is 1. The number of carbonyl (C=O) groups is 1. The Hall–Kier alpha value is -2.12. The van der Waals surface area contributed by atoms with Gasteiger partial charge in [0.05, 0.1) is 16.9 Å². The number of carbonyl (C=O) groups excluding carboxylic acids is 1. The lowest BCUT2D eigenvalue weighted by molar-refractivity contribution is -0.129. The Labute approximate surface area is 149 Å². The summed E-state index contributed by atoms with van der Waals surface area (Å²) in [5.41, 5.74) is 0.650. The van der Waals surface area contributed by atoms with Gasteiger partial charge in [-0.3, -0.25) is 4.79 Å². The number of nitrogens with one attached hydrogen (secondary N) is 1. The van der Waals surface area contributed by atoms with E-state index in [9.17, 15) is 4.79 Å². The molecule has 1 amide bonds. The maximum absolute atomic E-state index is 11.4. The molecule has 0 aliphatic carbocycles. The van der Waals surface area contributed by atoms with Crippen molar-refractivity contribution in [2.45, 2.75) is 6.92 Å². The van der Waals surface area contributed by atoms with Gasteiger partial charge in [-0.25, -0.2) is 0 Å². The molecule has 2 aromatic rings. The Kier molecular flexibility index (Phi) is 5.01. The normalized spacial score (nSPS) is 14.6. The highest BCUT2D eigenvalue weighted by atomic mass is 35.5. The molecule has 1 aromatic carbocycles. The van der Waals surface area contributed by atoms with Crippen LogP contribution in [0.3, 0.4) is 0 Å². The third kappa shape index (κ3) is 3.85. The second kappa shape index (κ2) is 7.19. The van der Waals surface area contributed by atoms with Gasteiger partial charge in [0.2, 0.25) is 11.9 Å². The molecule has 126 valence electrons. The Morgan fingerprint density at radius 1 is 1.21 bits per heavy atom. The van der Waals surface area contributed by atoms with Crippen LogP contribution in [0.1, 0.15) is 6.92 Å². The molecule has 3 rings (SSSR count). The van der Waals surface area contributed by atoms with Crippen molar-refractivity contribution in [3.63, 3.8) is 0 Å². The maximum Gasteiger partial charge on any atom is 0.247 e. The van der Waals surface area contributed by atoms with E-state index < -0.39 is 0 Å². The lowest BCUT2D eigenvalue weighted by Gasteiger charge is -2.33. The van der Waals surface area contributed by atoms with Gasteiger partial charge in [0.15, 0.2) is 5.82 Å². The summed E-state index contributed by atoms with van der Waals surface area (Å²) in [7, 11) is 0. The van der Waals surface area contributed by atoms with Gasteiger partial charge in [-0.15, -0.1) is 5.10 Å². The number of aromatic nitrogens is 3. The van der Waals surface area contributed by atoms with E-state index in [4.69, 9.17) is 23.2 Å². The lowest BCUT2D eigenvalue weighted by Crippen LogP contribution is -2.48. The minimum Gasteiger partial charge on any atom is -0.339 e. The SMILES string of the molecule is CC(=O)N1CCN(c2nncc(Nc3cc(Cl)ccc3Cl)n2)CC1. The molecular formula is C15H16Cl2N6O. The van der Waals surface area contributed by atoms with Crippen LogP contribution < -0.4 is 10.2 Å². The Bertz CT molecular complexity index is 748. The molecule has 1 fully saturated rings. The number of halogens is 2. The topological polar surface area (TPSA) is 74.2 Å². The number of nitrogens with zero attached hydrogens (tertiary/aromatic N) is 5. The lowest BCUT2D eigenvalue weighted by atomic mass is 10.3. The van der Waals surface area contributed by atoms with E-state index in [1.165, 1.54) is 6.20 Å². The Morgan fingerprint density at radius 2 is 1.96 bits per heavy atom. The maximum atomic E-state index is 11.4. The average Bonchev–Trinajstić information content (AvgIpc) is 2.58. The zero-order valence-electron chi connectivity index (χ0n) is 13.0. The summed E-state index contributed by atoms with van der Waals surface area (Å²) in [6.45, 7) is 4.21.